The highest BCUT2D eigenvalue weighted by Crippen LogP contribution is 2.27. The molecule has 33 heavy (non-hydrogen) atoms. The van der Waals surface area contributed by atoms with Crippen molar-refractivity contribution in [2.45, 2.75) is 0 Å². The maximum Gasteiger partial charge on any atom is 0.337 e. The van der Waals surface area contributed by atoms with Crippen LogP contribution in [0.5, 0.6) is 0 Å². The fourth-order valence-corrected chi connectivity index (χ4v) is 3.89. The van der Waals surface area contributed by atoms with Crippen molar-refractivity contribution >= 4 is 38.9 Å². The van der Waals surface area contributed by atoms with Gasteiger partial charge in [0.05, 0.1) is 23.7 Å². The van der Waals surface area contributed by atoms with Gasteiger partial charge >= 0.3 is 5.97 Å². The van der Waals surface area contributed by atoms with Gasteiger partial charge in [-0.2, -0.15) is 0 Å². The second-order valence-corrected chi connectivity index (χ2v) is 7.96. The second-order valence-electron chi connectivity index (χ2n) is 7.21. The number of benzene rings is 2. The maximum absolute atomic E-state index is 11.5. The summed E-state index contributed by atoms with van der Waals surface area (Å²) in [4.78, 5) is 31.2. The first-order chi connectivity index (χ1) is 16.2. The standard InChI is InChI=1S/C16H11BrN2O2.C8H12N4/c1-21-16(20)11-7-8-12-13(9-11)19-15(17)14(18-12)10-5-3-2-4-6-10;1-2-10-8(11-3-1)12-6-4-9-5-7-12/h2-9H,1H3;1-3,9H,4-7H2. The summed E-state index contributed by atoms with van der Waals surface area (Å²) in [5.41, 5.74) is 3.58. The molecule has 0 saturated carbocycles. The van der Waals surface area contributed by atoms with E-state index in [1.807, 2.05) is 36.4 Å². The minimum atomic E-state index is -0.387. The zero-order valence-electron chi connectivity index (χ0n) is 18.1. The number of rotatable bonds is 3. The van der Waals surface area contributed by atoms with Gasteiger partial charge in [0.25, 0.3) is 0 Å². The van der Waals surface area contributed by atoms with Crippen molar-refractivity contribution in [1.29, 1.82) is 0 Å². The Morgan fingerprint density at radius 3 is 2.39 bits per heavy atom. The zero-order chi connectivity index (χ0) is 23.0. The molecule has 0 bridgehead atoms. The van der Waals surface area contributed by atoms with Crippen LogP contribution in [0.25, 0.3) is 22.3 Å². The third kappa shape index (κ3) is 5.68. The van der Waals surface area contributed by atoms with E-state index in [1.165, 1.54) is 7.11 Å². The van der Waals surface area contributed by atoms with E-state index in [2.05, 4.69) is 46.1 Å². The molecule has 5 rings (SSSR count). The SMILES string of the molecule is COC(=O)c1ccc2nc(-c3ccccc3)c(Br)nc2c1.c1cnc(N2CCNCC2)nc1. The largest absolute Gasteiger partial charge is 0.465 e. The van der Waals surface area contributed by atoms with Crippen LogP contribution in [-0.4, -0.2) is 59.2 Å². The van der Waals surface area contributed by atoms with Crippen molar-refractivity contribution in [2.75, 3.05) is 38.2 Å². The van der Waals surface area contributed by atoms with Crippen molar-refractivity contribution in [1.82, 2.24) is 25.3 Å². The summed E-state index contributed by atoms with van der Waals surface area (Å²) in [6.45, 7) is 4.06. The molecule has 1 fully saturated rings. The van der Waals surface area contributed by atoms with Gasteiger partial charge in [-0.15, -0.1) is 0 Å². The number of fused-ring (bicyclic) bond motifs is 1. The number of halogens is 1. The molecule has 3 heterocycles. The quantitative estimate of drug-likeness (QED) is 0.420. The Kier molecular flexibility index (Phi) is 7.54. The van der Waals surface area contributed by atoms with E-state index in [4.69, 9.17) is 4.74 Å². The summed E-state index contributed by atoms with van der Waals surface area (Å²) in [5, 5.41) is 3.29. The number of carbonyl (C=O) groups excluding carboxylic acids is 1. The van der Waals surface area contributed by atoms with Gasteiger partial charge in [0.15, 0.2) is 0 Å². The van der Waals surface area contributed by atoms with Crippen LogP contribution in [0.15, 0.2) is 71.6 Å². The number of anilines is 1. The molecule has 1 N–H and O–H groups in total. The van der Waals surface area contributed by atoms with Crippen LogP contribution in [0.2, 0.25) is 0 Å². The van der Waals surface area contributed by atoms with Crippen LogP contribution in [0, 0.1) is 0 Å². The molecule has 0 unspecified atom stereocenters. The van der Waals surface area contributed by atoms with Gasteiger partial charge < -0.3 is 15.0 Å². The molecular weight excluding hydrogens is 484 g/mol. The predicted molar refractivity (Wildman–Crippen MR) is 131 cm³/mol. The van der Waals surface area contributed by atoms with Crippen molar-refractivity contribution in [2.24, 2.45) is 0 Å². The first kappa shape index (κ1) is 22.8. The molecule has 2 aromatic carbocycles. The Morgan fingerprint density at radius 2 is 1.70 bits per heavy atom. The van der Waals surface area contributed by atoms with Gasteiger partial charge in [-0.3, -0.25) is 0 Å². The smallest absolute Gasteiger partial charge is 0.337 e. The summed E-state index contributed by atoms with van der Waals surface area (Å²) in [6, 6.07) is 16.8. The molecule has 1 aliphatic heterocycles. The summed E-state index contributed by atoms with van der Waals surface area (Å²) in [7, 11) is 1.35. The topological polar surface area (TPSA) is 93.1 Å². The van der Waals surface area contributed by atoms with Crippen molar-refractivity contribution in [3.63, 3.8) is 0 Å². The molecule has 0 radical (unpaired) electrons. The summed E-state index contributed by atoms with van der Waals surface area (Å²) in [6.07, 6.45) is 3.56. The fourth-order valence-electron chi connectivity index (χ4n) is 3.38. The zero-order valence-corrected chi connectivity index (χ0v) is 19.7. The van der Waals surface area contributed by atoms with Crippen molar-refractivity contribution in [3.05, 3.63) is 77.2 Å². The molecule has 0 atom stereocenters. The van der Waals surface area contributed by atoms with Crippen LogP contribution in [0.3, 0.4) is 0 Å². The van der Waals surface area contributed by atoms with Crippen molar-refractivity contribution in [3.8, 4) is 11.3 Å². The van der Waals surface area contributed by atoms with Crippen LogP contribution < -0.4 is 10.2 Å². The lowest BCUT2D eigenvalue weighted by molar-refractivity contribution is 0.0601. The van der Waals surface area contributed by atoms with E-state index in [0.717, 1.165) is 48.9 Å². The third-order valence-corrected chi connectivity index (χ3v) is 5.59. The molecular formula is C24H23BrN6O2. The highest BCUT2D eigenvalue weighted by molar-refractivity contribution is 9.10. The van der Waals surface area contributed by atoms with Gasteiger partial charge in [0, 0.05) is 44.1 Å². The van der Waals surface area contributed by atoms with Crippen LogP contribution in [-0.2, 0) is 4.74 Å². The lowest BCUT2D eigenvalue weighted by Gasteiger charge is -2.26. The summed E-state index contributed by atoms with van der Waals surface area (Å²) in [5.74, 6) is 0.459. The van der Waals surface area contributed by atoms with Gasteiger partial charge in [-0.05, 0) is 40.2 Å². The van der Waals surface area contributed by atoms with E-state index in [9.17, 15) is 4.79 Å². The average molecular weight is 507 g/mol. The van der Waals surface area contributed by atoms with E-state index >= 15 is 0 Å². The van der Waals surface area contributed by atoms with Crippen LogP contribution in [0.4, 0.5) is 5.95 Å². The minimum absolute atomic E-state index is 0.387. The number of ether oxygens (including phenoxy) is 1. The molecule has 9 heteroatoms. The van der Waals surface area contributed by atoms with E-state index in [1.54, 1.807) is 30.6 Å². The molecule has 0 amide bonds. The number of nitrogens with one attached hydrogen (secondary N) is 1. The Labute approximate surface area is 200 Å². The number of esters is 1. The Morgan fingerprint density at radius 1 is 0.970 bits per heavy atom. The maximum atomic E-state index is 11.5. The molecule has 4 aromatic rings. The molecule has 1 aliphatic rings. The Balaban J connectivity index is 0.000000183. The van der Waals surface area contributed by atoms with Gasteiger partial charge in [0.1, 0.15) is 10.3 Å². The van der Waals surface area contributed by atoms with Crippen LogP contribution >= 0.6 is 15.9 Å². The number of nitrogens with zero attached hydrogens (tertiary/aromatic N) is 5. The fraction of sp³-hybridized carbons (Fsp3) is 0.208. The summed E-state index contributed by atoms with van der Waals surface area (Å²) >= 11 is 3.44. The van der Waals surface area contributed by atoms with Gasteiger partial charge in [-0.25, -0.2) is 24.7 Å². The monoisotopic (exact) mass is 506 g/mol. The number of piperazine rings is 1. The molecule has 0 spiro atoms. The molecule has 168 valence electrons. The predicted octanol–water partition coefficient (Wildman–Crippen LogP) is 3.73. The minimum Gasteiger partial charge on any atom is -0.465 e. The molecule has 8 nitrogen and oxygen atoms in total. The highest BCUT2D eigenvalue weighted by Gasteiger charge is 2.12. The lowest BCUT2D eigenvalue weighted by Crippen LogP contribution is -2.44. The number of methoxy groups -OCH3 is 1. The third-order valence-electron chi connectivity index (χ3n) is 5.04. The number of hydrogen-bond acceptors (Lipinski definition) is 8. The first-order valence-corrected chi connectivity index (χ1v) is 11.3. The normalized spacial score (nSPS) is 13.2. The molecule has 2 aromatic heterocycles. The lowest BCUT2D eigenvalue weighted by atomic mass is 10.1. The number of hydrogen-bond donors (Lipinski definition) is 1. The van der Waals surface area contributed by atoms with E-state index in [0.29, 0.717) is 15.7 Å². The van der Waals surface area contributed by atoms with E-state index in [-0.39, 0.29) is 5.97 Å². The Bertz CT molecular complexity index is 1220. The Hall–Kier alpha value is -3.43. The van der Waals surface area contributed by atoms with Crippen molar-refractivity contribution < 1.29 is 9.53 Å². The first-order valence-electron chi connectivity index (χ1n) is 10.5. The van der Waals surface area contributed by atoms with Gasteiger partial charge in [-0.1, -0.05) is 30.3 Å². The number of aromatic nitrogens is 4. The number of carbonyl (C=O) groups is 1. The molecule has 0 aliphatic carbocycles. The van der Waals surface area contributed by atoms with Gasteiger partial charge in [0.2, 0.25) is 5.95 Å². The van der Waals surface area contributed by atoms with Crippen LogP contribution in [0.1, 0.15) is 10.4 Å². The molecule has 1 saturated heterocycles. The average Bonchev–Trinajstić information content (AvgIpc) is 2.89. The summed E-state index contributed by atoms with van der Waals surface area (Å²) < 4.78 is 5.35. The highest BCUT2D eigenvalue weighted by atomic mass is 79.9. The van der Waals surface area contributed by atoms with E-state index < -0.39 is 0 Å². The second kappa shape index (κ2) is 10.9.